The van der Waals surface area contributed by atoms with Crippen molar-refractivity contribution in [3.63, 3.8) is 0 Å². The Bertz CT molecular complexity index is 1220. The number of hydrogen-bond acceptors (Lipinski definition) is 6. The summed E-state index contributed by atoms with van der Waals surface area (Å²) in [6, 6.07) is 8.34. The van der Waals surface area contributed by atoms with Crippen molar-refractivity contribution >= 4 is 11.7 Å². The lowest BCUT2D eigenvalue weighted by Gasteiger charge is -2.15. The lowest BCUT2D eigenvalue weighted by molar-refractivity contribution is 0.0996. The summed E-state index contributed by atoms with van der Waals surface area (Å²) in [6.07, 6.45) is 6.38. The molecule has 2 N–H and O–H groups in total. The Hall–Kier alpha value is -3.88. The molecule has 0 saturated carbocycles. The molecule has 146 valence electrons. The minimum absolute atomic E-state index is 0.157. The summed E-state index contributed by atoms with van der Waals surface area (Å²) in [5, 5.41) is 7.25. The van der Waals surface area contributed by atoms with Crippen LogP contribution in [0.2, 0.25) is 0 Å². The number of rotatable bonds is 4. The predicted octanol–water partition coefficient (Wildman–Crippen LogP) is 2.94. The average Bonchev–Trinajstić information content (AvgIpc) is 3.48. The van der Waals surface area contributed by atoms with Crippen LogP contribution in [0.3, 0.4) is 0 Å². The summed E-state index contributed by atoms with van der Waals surface area (Å²) in [6.45, 7) is 0. The number of aryl methyl sites for hydroxylation is 1. The molecule has 0 aromatic carbocycles. The van der Waals surface area contributed by atoms with Gasteiger partial charge in [0.25, 0.3) is 11.5 Å². The zero-order valence-corrected chi connectivity index (χ0v) is 15.3. The molecule has 1 aliphatic carbocycles. The molecule has 4 heterocycles. The van der Waals surface area contributed by atoms with Gasteiger partial charge in [0.05, 0.1) is 18.2 Å². The molecule has 0 spiro atoms. The number of hydrogen-bond donors (Lipinski definition) is 2. The number of carbonyl (C=O) groups is 1. The average molecular weight is 391 g/mol. The number of carbonyl (C=O) groups excluding carboxylic acids is 1. The maximum absolute atomic E-state index is 12.6. The first-order chi connectivity index (χ1) is 14.2. The summed E-state index contributed by atoms with van der Waals surface area (Å²) < 4.78 is 12.0. The minimum atomic E-state index is -0.442. The molecule has 0 unspecified atom stereocenters. The number of H-pyrrole nitrogens is 1. The third kappa shape index (κ3) is 3.16. The fourth-order valence-electron chi connectivity index (χ4n) is 3.45. The smallest absolute Gasteiger partial charge is 0.292 e. The Kier molecular flexibility index (Phi) is 4.12. The molecule has 1 amide bonds. The van der Waals surface area contributed by atoms with Crippen LogP contribution in [0.5, 0.6) is 0 Å². The third-order valence-corrected chi connectivity index (χ3v) is 4.85. The molecule has 0 bridgehead atoms. The van der Waals surface area contributed by atoms with Gasteiger partial charge < -0.3 is 14.2 Å². The van der Waals surface area contributed by atoms with E-state index in [4.69, 9.17) is 8.83 Å². The summed E-state index contributed by atoms with van der Waals surface area (Å²) in [7, 11) is 0. The van der Waals surface area contributed by atoms with Gasteiger partial charge in [-0.3, -0.25) is 14.6 Å². The SMILES string of the molecule is O=C(Nc1cc(-c2ccco2)nn1-c1nc2c(c(=O)[nH]1)CCCC2)c1ccco1. The zero-order chi connectivity index (χ0) is 19.8. The molecule has 9 nitrogen and oxygen atoms in total. The van der Waals surface area contributed by atoms with Crippen molar-refractivity contribution in [2.75, 3.05) is 5.32 Å². The van der Waals surface area contributed by atoms with E-state index in [-0.39, 0.29) is 17.3 Å². The normalized spacial score (nSPS) is 13.2. The monoisotopic (exact) mass is 391 g/mol. The first-order valence-corrected chi connectivity index (χ1v) is 9.30. The molecule has 29 heavy (non-hydrogen) atoms. The van der Waals surface area contributed by atoms with Crippen molar-refractivity contribution in [1.29, 1.82) is 0 Å². The van der Waals surface area contributed by atoms with Crippen LogP contribution >= 0.6 is 0 Å². The molecule has 4 aromatic heterocycles. The Morgan fingerprint density at radius 1 is 1.14 bits per heavy atom. The largest absolute Gasteiger partial charge is 0.463 e. The van der Waals surface area contributed by atoms with Crippen molar-refractivity contribution in [2.45, 2.75) is 25.7 Å². The van der Waals surface area contributed by atoms with Gasteiger partial charge in [-0.25, -0.2) is 4.98 Å². The highest BCUT2D eigenvalue weighted by molar-refractivity contribution is 6.02. The van der Waals surface area contributed by atoms with Crippen LogP contribution in [-0.2, 0) is 12.8 Å². The van der Waals surface area contributed by atoms with Crippen molar-refractivity contribution in [3.05, 3.63) is 70.2 Å². The van der Waals surface area contributed by atoms with Crippen molar-refractivity contribution in [1.82, 2.24) is 19.7 Å². The second-order valence-electron chi connectivity index (χ2n) is 6.76. The molecular weight excluding hydrogens is 374 g/mol. The van der Waals surface area contributed by atoms with E-state index < -0.39 is 5.91 Å². The second-order valence-corrected chi connectivity index (χ2v) is 6.76. The van der Waals surface area contributed by atoms with Gasteiger partial charge in [0, 0.05) is 11.6 Å². The molecule has 0 aliphatic heterocycles. The fraction of sp³-hybridized carbons (Fsp3) is 0.200. The van der Waals surface area contributed by atoms with Gasteiger partial charge in [-0.1, -0.05) is 0 Å². The molecule has 0 atom stereocenters. The van der Waals surface area contributed by atoms with Gasteiger partial charge in [-0.05, 0) is 49.9 Å². The van der Waals surface area contributed by atoms with Gasteiger partial charge in [-0.15, -0.1) is 0 Å². The first kappa shape index (κ1) is 17.2. The number of amides is 1. The van der Waals surface area contributed by atoms with Crippen LogP contribution in [0.25, 0.3) is 17.4 Å². The van der Waals surface area contributed by atoms with Crippen LogP contribution in [-0.4, -0.2) is 25.7 Å². The van der Waals surface area contributed by atoms with Gasteiger partial charge in [-0.2, -0.15) is 9.78 Å². The van der Waals surface area contributed by atoms with Gasteiger partial charge in [0.1, 0.15) is 11.5 Å². The Morgan fingerprint density at radius 3 is 2.76 bits per heavy atom. The molecular formula is C20H17N5O4. The van der Waals surface area contributed by atoms with Crippen LogP contribution in [0.15, 0.2) is 56.5 Å². The number of nitrogens with one attached hydrogen (secondary N) is 2. The lowest BCUT2D eigenvalue weighted by Crippen LogP contribution is -2.24. The zero-order valence-electron chi connectivity index (χ0n) is 15.3. The highest BCUT2D eigenvalue weighted by Crippen LogP contribution is 2.25. The van der Waals surface area contributed by atoms with Gasteiger partial charge in [0.15, 0.2) is 11.5 Å². The number of anilines is 1. The topological polar surface area (TPSA) is 119 Å². The summed E-state index contributed by atoms with van der Waals surface area (Å²) in [5.74, 6) is 0.809. The highest BCUT2D eigenvalue weighted by atomic mass is 16.3. The van der Waals surface area contributed by atoms with Crippen LogP contribution in [0, 0.1) is 0 Å². The molecule has 0 fully saturated rings. The second kappa shape index (κ2) is 6.93. The predicted molar refractivity (Wildman–Crippen MR) is 103 cm³/mol. The molecule has 9 heteroatoms. The van der Waals surface area contributed by atoms with Crippen LogP contribution in [0.1, 0.15) is 34.7 Å². The number of aromatic amines is 1. The van der Waals surface area contributed by atoms with E-state index in [2.05, 4.69) is 20.4 Å². The quantitative estimate of drug-likeness (QED) is 0.552. The highest BCUT2D eigenvalue weighted by Gasteiger charge is 2.21. The molecule has 1 aliphatic rings. The lowest BCUT2D eigenvalue weighted by atomic mass is 9.97. The fourth-order valence-corrected chi connectivity index (χ4v) is 3.45. The third-order valence-electron chi connectivity index (χ3n) is 4.85. The number of aromatic nitrogens is 4. The number of fused-ring (bicyclic) bond motifs is 1. The Labute approximate surface area is 164 Å². The van der Waals surface area contributed by atoms with E-state index >= 15 is 0 Å². The number of furan rings is 2. The molecule has 4 aromatic rings. The summed E-state index contributed by atoms with van der Waals surface area (Å²) in [5.41, 5.74) is 1.81. The first-order valence-electron chi connectivity index (χ1n) is 9.30. The minimum Gasteiger partial charge on any atom is -0.463 e. The Balaban J connectivity index is 1.60. The molecule has 0 saturated heterocycles. The van der Waals surface area contributed by atoms with E-state index in [9.17, 15) is 9.59 Å². The molecule has 0 radical (unpaired) electrons. The maximum atomic E-state index is 12.6. The standard InChI is InChI=1S/C20H17N5O4/c26-18-12-5-1-2-6-13(12)21-20(23-18)25-17(22-19(27)16-8-4-10-29-16)11-14(24-25)15-7-3-9-28-15/h3-4,7-11H,1-2,5-6H2,(H,22,27)(H,21,23,26). The summed E-state index contributed by atoms with van der Waals surface area (Å²) in [4.78, 5) is 32.4. The van der Waals surface area contributed by atoms with E-state index in [0.29, 0.717) is 17.3 Å². The van der Waals surface area contributed by atoms with Gasteiger partial charge in [0.2, 0.25) is 5.95 Å². The van der Waals surface area contributed by atoms with Crippen molar-refractivity contribution in [3.8, 4) is 17.4 Å². The van der Waals surface area contributed by atoms with Crippen LogP contribution in [0.4, 0.5) is 5.82 Å². The van der Waals surface area contributed by atoms with Crippen molar-refractivity contribution < 1.29 is 13.6 Å². The van der Waals surface area contributed by atoms with E-state index in [1.165, 1.54) is 17.2 Å². The van der Waals surface area contributed by atoms with E-state index in [1.807, 2.05) is 0 Å². The number of nitrogens with zero attached hydrogens (tertiary/aromatic N) is 3. The summed E-state index contributed by atoms with van der Waals surface area (Å²) >= 11 is 0. The van der Waals surface area contributed by atoms with Crippen molar-refractivity contribution in [2.24, 2.45) is 0 Å². The van der Waals surface area contributed by atoms with E-state index in [1.54, 1.807) is 30.3 Å². The van der Waals surface area contributed by atoms with Gasteiger partial charge >= 0.3 is 0 Å². The Morgan fingerprint density at radius 2 is 1.97 bits per heavy atom. The molecule has 5 rings (SSSR count). The van der Waals surface area contributed by atoms with Crippen LogP contribution < -0.4 is 10.9 Å². The maximum Gasteiger partial charge on any atom is 0.292 e. The van der Waals surface area contributed by atoms with E-state index in [0.717, 1.165) is 36.9 Å².